The Morgan fingerprint density at radius 3 is 2.53 bits per heavy atom. The molecule has 1 aromatic heterocycles. The molecule has 1 aromatic carbocycles. The second kappa shape index (κ2) is 5.27. The van der Waals surface area contributed by atoms with Gasteiger partial charge in [0.2, 0.25) is 0 Å². The van der Waals surface area contributed by atoms with E-state index in [-0.39, 0.29) is 13.4 Å². The molecule has 1 heterocycles. The van der Waals surface area contributed by atoms with Gasteiger partial charge in [-0.3, -0.25) is 4.79 Å². The number of hydrogen-bond donors (Lipinski definition) is 2. The lowest BCUT2D eigenvalue weighted by atomic mass is 9.88. The normalized spacial score (nSPS) is 9.71. The molecule has 0 radical (unpaired) electrons. The molecule has 2 rings (SSSR count). The Morgan fingerprint density at radius 2 is 1.94 bits per heavy atom. The third-order valence-corrected chi connectivity index (χ3v) is 2.31. The minimum atomic E-state index is -0.215. The maximum atomic E-state index is 11.8. The summed E-state index contributed by atoms with van der Waals surface area (Å²) in [5.74, 6) is 0.303. The maximum absolute atomic E-state index is 11.8. The third-order valence-electron chi connectivity index (χ3n) is 2.31. The van der Waals surface area contributed by atoms with E-state index in [1.165, 1.54) is 0 Å². The van der Waals surface area contributed by atoms with Gasteiger partial charge in [0.05, 0.1) is 0 Å². The number of carbonyl (C=O) groups excluding carboxylic acids is 1. The molecule has 5 heteroatoms. The van der Waals surface area contributed by atoms with Gasteiger partial charge in [0, 0.05) is 11.8 Å². The predicted octanol–water partition coefficient (Wildman–Crippen LogP) is 0.303. The van der Waals surface area contributed by atoms with Crippen molar-refractivity contribution in [2.24, 2.45) is 0 Å². The first-order valence-electron chi connectivity index (χ1n) is 5.22. The summed E-state index contributed by atoms with van der Waals surface area (Å²) < 4.78 is 0. The highest BCUT2D eigenvalue weighted by Gasteiger charge is 2.06. The highest BCUT2D eigenvalue weighted by molar-refractivity contribution is 6.45. The Morgan fingerprint density at radius 1 is 1.18 bits per heavy atom. The SMILES string of the molecule is O=C(Nc1ccccn1)c1ccc(BO)cc1. The summed E-state index contributed by atoms with van der Waals surface area (Å²) in [5.41, 5.74) is 1.31. The van der Waals surface area contributed by atoms with Gasteiger partial charge in [0.15, 0.2) is 0 Å². The number of carbonyl (C=O) groups is 1. The largest absolute Gasteiger partial charge is 0.449 e. The van der Waals surface area contributed by atoms with Crippen LogP contribution >= 0.6 is 0 Å². The van der Waals surface area contributed by atoms with E-state index >= 15 is 0 Å². The summed E-state index contributed by atoms with van der Waals surface area (Å²) in [6.07, 6.45) is 1.62. The second-order valence-corrected chi connectivity index (χ2v) is 3.52. The molecule has 0 fully saturated rings. The fraction of sp³-hybridized carbons (Fsp3) is 0. The molecule has 0 saturated heterocycles. The molecule has 0 unspecified atom stereocenters. The summed E-state index contributed by atoms with van der Waals surface area (Å²) >= 11 is 0. The molecule has 2 N–H and O–H groups in total. The lowest BCUT2D eigenvalue weighted by Gasteiger charge is -2.04. The van der Waals surface area contributed by atoms with Crippen molar-refractivity contribution in [1.82, 2.24) is 4.98 Å². The quantitative estimate of drug-likeness (QED) is 0.740. The smallest absolute Gasteiger partial charge is 0.304 e. The topological polar surface area (TPSA) is 62.2 Å². The average Bonchev–Trinajstić information content (AvgIpc) is 2.40. The second-order valence-electron chi connectivity index (χ2n) is 3.52. The monoisotopic (exact) mass is 226 g/mol. The number of benzene rings is 1. The Kier molecular flexibility index (Phi) is 3.52. The van der Waals surface area contributed by atoms with E-state index in [4.69, 9.17) is 5.02 Å². The summed E-state index contributed by atoms with van der Waals surface area (Å²) in [4.78, 5) is 15.8. The maximum Gasteiger partial charge on any atom is 0.304 e. The van der Waals surface area contributed by atoms with Crippen LogP contribution in [0.1, 0.15) is 10.4 Å². The summed E-state index contributed by atoms with van der Waals surface area (Å²) in [6, 6.07) is 12.1. The van der Waals surface area contributed by atoms with Gasteiger partial charge >= 0.3 is 7.48 Å². The van der Waals surface area contributed by atoms with Crippen LogP contribution in [0.2, 0.25) is 0 Å². The van der Waals surface area contributed by atoms with Crippen molar-refractivity contribution in [1.29, 1.82) is 0 Å². The number of nitrogens with zero attached hydrogens (tertiary/aromatic N) is 1. The van der Waals surface area contributed by atoms with Gasteiger partial charge in [0.25, 0.3) is 5.91 Å². The highest BCUT2D eigenvalue weighted by atomic mass is 16.2. The number of amides is 1. The molecule has 0 aliphatic heterocycles. The van der Waals surface area contributed by atoms with Crippen molar-refractivity contribution in [3.8, 4) is 0 Å². The van der Waals surface area contributed by atoms with E-state index in [1.54, 1.807) is 48.7 Å². The van der Waals surface area contributed by atoms with Gasteiger partial charge in [-0.25, -0.2) is 4.98 Å². The van der Waals surface area contributed by atoms with Crippen LogP contribution < -0.4 is 10.8 Å². The molecule has 0 spiro atoms. The van der Waals surface area contributed by atoms with E-state index in [1.807, 2.05) is 0 Å². The Hall–Kier alpha value is -2.14. The molecule has 4 nitrogen and oxygen atoms in total. The minimum absolute atomic E-state index is 0.0257. The first kappa shape index (κ1) is 11.4. The first-order valence-corrected chi connectivity index (χ1v) is 5.22. The molecule has 17 heavy (non-hydrogen) atoms. The van der Waals surface area contributed by atoms with Crippen LogP contribution in [0.15, 0.2) is 48.7 Å². The van der Waals surface area contributed by atoms with Gasteiger partial charge in [-0.05, 0) is 24.3 Å². The van der Waals surface area contributed by atoms with Crippen LogP contribution in [-0.4, -0.2) is 23.4 Å². The molecule has 2 aromatic rings. The molecule has 0 aliphatic rings. The van der Waals surface area contributed by atoms with Crippen molar-refractivity contribution < 1.29 is 9.82 Å². The Bertz CT molecular complexity index is 500. The molecule has 0 atom stereocenters. The standard InChI is InChI=1S/C12H11BN2O2/c16-12(15-11-3-1-2-8-14-11)9-4-6-10(13-17)7-5-9/h1-8,13,17H,(H,14,15,16). The Labute approximate surface area is 99.6 Å². The molecule has 84 valence electrons. The molecular weight excluding hydrogens is 215 g/mol. The van der Waals surface area contributed by atoms with E-state index in [9.17, 15) is 4.79 Å². The Balaban J connectivity index is 2.09. The zero-order valence-corrected chi connectivity index (χ0v) is 9.13. The van der Waals surface area contributed by atoms with Gasteiger partial charge < -0.3 is 10.3 Å². The van der Waals surface area contributed by atoms with Crippen LogP contribution in [0.25, 0.3) is 0 Å². The molecule has 0 saturated carbocycles. The van der Waals surface area contributed by atoms with Crippen LogP contribution in [0.4, 0.5) is 5.82 Å². The fourth-order valence-corrected chi connectivity index (χ4v) is 1.39. The van der Waals surface area contributed by atoms with Crippen molar-refractivity contribution >= 4 is 24.7 Å². The fourth-order valence-electron chi connectivity index (χ4n) is 1.39. The van der Waals surface area contributed by atoms with E-state index in [2.05, 4.69) is 10.3 Å². The average molecular weight is 226 g/mol. The minimum Gasteiger partial charge on any atom is -0.449 e. The van der Waals surface area contributed by atoms with Crippen LogP contribution in [0.3, 0.4) is 0 Å². The number of anilines is 1. The lowest BCUT2D eigenvalue weighted by molar-refractivity contribution is 0.102. The van der Waals surface area contributed by atoms with Crippen molar-refractivity contribution in [2.45, 2.75) is 0 Å². The van der Waals surface area contributed by atoms with E-state index in [0.717, 1.165) is 5.46 Å². The number of nitrogens with one attached hydrogen (secondary N) is 1. The number of pyridine rings is 1. The predicted molar refractivity (Wildman–Crippen MR) is 67.6 cm³/mol. The van der Waals surface area contributed by atoms with E-state index < -0.39 is 0 Å². The van der Waals surface area contributed by atoms with Crippen molar-refractivity contribution in [3.05, 3.63) is 54.2 Å². The van der Waals surface area contributed by atoms with Crippen molar-refractivity contribution in [3.63, 3.8) is 0 Å². The van der Waals surface area contributed by atoms with Crippen LogP contribution in [-0.2, 0) is 0 Å². The van der Waals surface area contributed by atoms with Gasteiger partial charge in [-0.15, -0.1) is 0 Å². The zero-order valence-electron chi connectivity index (χ0n) is 9.13. The van der Waals surface area contributed by atoms with Crippen molar-refractivity contribution in [2.75, 3.05) is 5.32 Å². The van der Waals surface area contributed by atoms with Crippen LogP contribution in [0, 0.1) is 0 Å². The molecular formula is C12H11BN2O2. The number of hydrogen-bond acceptors (Lipinski definition) is 3. The zero-order chi connectivity index (χ0) is 12.1. The number of aromatic nitrogens is 1. The molecule has 1 amide bonds. The summed E-state index contributed by atoms with van der Waals surface area (Å²) in [7, 11) is -0.0257. The van der Waals surface area contributed by atoms with E-state index in [0.29, 0.717) is 11.4 Å². The molecule has 0 aliphatic carbocycles. The lowest BCUT2D eigenvalue weighted by Crippen LogP contribution is -2.16. The third kappa shape index (κ3) is 2.92. The van der Waals surface area contributed by atoms with Gasteiger partial charge in [0.1, 0.15) is 5.82 Å². The summed E-state index contributed by atoms with van der Waals surface area (Å²) in [5, 5.41) is 11.6. The number of rotatable bonds is 3. The van der Waals surface area contributed by atoms with Crippen LogP contribution in [0.5, 0.6) is 0 Å². The first-order chi connectivity index (χ1) is 8.29. The van der Waals surface area contributed by atoms with Gasteiger partial charge in [-0.2, -0.15) is 0 Å². The van der Waals surface area contributed by atoms with Gasteiger partial charge in [-0.1, -0.05) is 23.7 Å². The highest BCUT2D eigenvalue weighted by Crippen LogP contribution is 2.04. The molecule has 0 bridgehead atoms. The summed E-state index contributed by atoms with van der Waals surface area (Å²) in [6.45, 7) is 0.